The Balaban J connectivity index is 1.43. The van der Waals surface area contributed by atoms with Gasteiger partial charge in [0.2, 0.25) is 21.8 Å². The van der Waals surface area contributed by atoms with Crippen LogP contribution in [0.15, 0.2) is 47.4 Å². The van der Waals surface area contributed by atoms with E-state index in [-0.39, 0.29) is 29.3 Å². The number of fused-ring (bicyclic) bond motifs is 1. The zero-order valence-electron chi connectivity index (χ0n) is 19.8. The van der Waals surface area contributed by atoms with Gasteiger partial charge in [-0.1, -0.05) is 12.1 Å². The Morgan fingerprint density at radius 1 is 1.15 bits per heavy atom. The zero-order chi connectivity index (χ0) is 24.5. The van der Waals surface area contributed by atoms with E-state index < -0.39 is 15.9 Å². The minimum absolute atomic E-state index is 0.000723. The molecule has 2 aliphatic rings. The molecule has 2 heterocycles. The fraction of sp³-hybridized carbons (Fsp3) is 0.440. The molecule has 4 rings (SSSR count). The fourth-order valence-electron chi connectivity index (χ4n) is 4.85. The quantitative estimate of drug-likeness (QED) is 0.679. The molecule has 1 saturated heterocycles. The summed E-state index contributed by atoms with van der Waals surface area (Å²) >= 11 is 0. The molecule has 0 radical (unpaired) electrons. The minimum Gasteiger partial charge on any atom is -0.497 e. The summed E-state index contributed by atoms with van der Waals surface area (Å²) in [5.74, 6) is 0.152. The van der Waals surface area contributed by atoms with E-state index in [1.807, 2.05) is 31.2 Å². The van der Waals surface area contributed by atoms with Crippen LogP contribution in [-0.2, 0) is 32.6 Å². The highest BCUT2D eigenvalue weighted by Gasteiger charge is 2.35. The van der Waals surface area contributed by atoms with Crippen molar-refractivity contribution in [2.75, 3.05) is 25.1 Å². The van der Waals surface area contributed by atoms with Crippen molar-refractivity contribution in [2.45, 2.75) is 50.6 Å². The van der Waals surface area contributed by atoms with Crippen LogP contribution in [0.25, 0.3) is 0 Å². The number of benzene rings is 2. The van der Waals surface area contributed by atoms with E-state index in [0.29, 0.717) is 32.4 Å². The van der Waals surface area contributed by atoms with Gasteiger partial charge in [-0.05, 0) is 67.6 Å². The van der Waals surface area contributed by atoms with Gasteiger partial charge >= 0.3 is 0 Å². The molecule has 2 aromatic rings. The van der Waals surface area contributed by atoms with E-state index in [0.717, 1.165) is 22.6 Å². The number of methoxy groups -OCH3 is 1. The monoisotopic (exact) mass is 485 g/mol. The average molecular weight is 486 g/mol. The van der Waals surface area contributed by atoms with Crippen LogP contribution >= 0.6 is 0 Å². The molecule has 0 unspecified atom stereocenters. The van der Waals surface area contributed by atoms with Gasteiger partial charge in [0, 0.05) is 38.3 Å². The molecule has 0 saturated carbocycles. The zero-order valence-corrected chi connectivity index (χ0v) is 20.6. The molecule has 2 amide bonds. The van der Waals surface area contributed by atoms with Crippen molar-refractivity contribution in [3.63, 3.8) is 0 Å². The second-order valence-electron chi connectivity index (χ2n) is 9.00. The molecule has 0 spiro atoms. The molecule has 1 N–H and O–H groups in total. The topological polar surface area (TPSA) is 96.0 Å². The maximum Gasteiger partial charge on any atom is 0.243 e. The van der Waals surface area contributed by atoms with Crippen molar-refractivity contribution in [3.05, 3.63) is 53.6 Å². The summed E-state index contributed by atoms with van der Waals surface area (Å²) in [6, 6.07) is 12.4. The second-order valence-corrected chi connectivity index (χ2v) is 10.9. The van der Waals surface area contributed by atoms with Gasteiger partial charge < -0.3 is 15.0 Å². The number of rotatable bonds is 6. The van der Waals surface area contributed by atoms with Crippen LogP contribution in [0.2, 0.25) is 0 Å². The maximum absolute atomic E-state index is 13.4. The molecule has 2 aromatic carbocycles. The summed E-state index contributed by atoms with van der Waals surface area (Å²) in [5.41, 5.74) is 2.57. The van der Waals surface area contributed by atoms with E-state index in [1.165, 1.54) is 11.2 Å². The van der Waals surface area contributed by atoms with Crippen LogP contribution in [-0.4, -0.2) is 50.8 Å². The summed E-state index contributed by atoms with van der Waals surface area (Å²) < 4.78 is 33.3. The molecule has 182 valence electrons. The lowest BCUT2D eigenvalue weighted by atomic mass is 9.99. The van der Waals surface area contributed by atoms with Crippen molar-refractivity contribution in [3.8, 4) is 5.75 Å². The number of amides is 2. The largest absolute Gasteiger partial charge is 0.497 e. The number of carbonyl (C=O) groups excluding carboxylic acids is 2. The third-order valence-electron chi connectivity index (χ3n) is 6.62. The van der Waals surface area contributed by atoms with Crippen molar-refractivity contribution in [1.29, 1.82) is 0 Å². The SMILES string of the molecule is COc1ccc(CNC(=O)[C@H]2CCCN(S(=O)(=O)c3ccc4c(c3)C[C@@H](C)N4C(C)=O)C2)cc1. The second kappa shape index (κ2) is 9.76. The van der Waals surface area contributed by atoms with Gasteiger partial charge in [-0.2, -0.15) is 4.31 Å². The number of hydrogen-bond donors (Lipinski definition) is 1. The van der Waals surface area contributed by atoms with E-state index in [2.05, 4.69) is 5.32 Å². The number of nitrogens with zero attached hydrogens (tertiary/aromatic N) is 2. The van der Waals surface area contributed by atoms with Crippen molar-refractivity contribution in [2.24, 2.45) is 5.92 Å². The summed E-state index contributed by atoms with van der Waals surface area (Å²) in [7, 11) is -2.14. The first-order chi connectivity index (χ1) is 16.2. The molecule has 0 aromatic heterocycles. The first-order valence-corrected chi connectivity index (χ1v) is 13.0. The number of piperidine rings is 1. The van der Waals surface area contributed by atoms with Gasteiger partial charge in [0.05, 0.1) is 17.9 Å². The number of anilines is 1. The molecule has 1 fully saturated rings. The first-order valence-electron chi connectivity index (χ1n) is 11.5. The molecule has 2 aliphatic heterocycles. The molecule has 0 aliphatic carbocycles. The normalized spacial score (nSPS) is 20.6. The third-order valence-corrected chi connectivity index (χ3v) is 8.49. The lowest BCUT2D eigenvalue weighted by Crippen LogP contribution is -2.45. The standard InChI is InChI=1S/C25H31N3O5S/c1-17-13-21-14-23(10-11-24(21)28(17)18(2)29)34(31,32)27-12-4-5-20(16-27)25(30)26-15-19-6-8-22(33-3)9-7-19/h6-11,14,17,20H,4-5,12-13,15-16H2,1-3H3,(H,26,30)/t17-,20+/m1/s1. The van der Waals surface area contributed by atoms with E-state index >= 15 is 0 Å². The summed E-state index contributed by atoms with van der Waals surface area (Å²) in [6.45, 7) is 4.39. The Hall–Kier alpha value is -2.91. The minimum atomic E-state index is -3.74. The van der Waals surface area contributed by atoms with Crippen molar-refractivity contribution in [1.82, 2.24) is 9.62 Å². The molecule has 34 heavy (non-hydrogen) atoms. The lowest BCUT2D eigenvalue weighted by molar-refractivity contribution is -0.126. The number of sulfonamides is 1. The predicted molar refractivity (Wildman–Crippen MR) is 129 cm³/mol. The van der Waals surface area contributed by atoms with E-state index in [4.69, 9.17) is 4.74 Å². The van der Waals surface area contributed by atoms with Crippen LogP contribution in [0.4, 0.5) is 5.69 Å². The summed E-state index contributed by atoms with van der Waals surface area (Å²) in [5, 5.41) is 2.93. The maximum atomic E-state index is 13.4. The van der Waals surface area contributed by atoms with Crippen molar-refractivity contribution >= 4 is 27.5 Å². The molecule has 8 nitrogen and oxygen atoms in total. The number of ether oxygens (including phenoxy) is 1. The van der Waals surface area contributed by atoms with Crippen LogP contribution < -0.4 is 15.0 Å². The lowest BCUT2D eigenvalue weighted by Gasteiger charge is -2.31. The Labute approximate surface area is 200 Å². The van der Waals surface area contributed by atoms with Gasteiger partial charge in [-0.25, -0.2) is 8.42 Å². The highest BCUT2D eigenvalue weighted by Crippen LogP contribution is 2.35. The van der Waals surface area contributed by atoms with Gasteiger partial charge in [-0.15, -0.1) is 0 Å². The van der Waals surface area contributed by atoms with Crippen LogP contribution in [0.1, 0.15) is 37.8 Å². The third kappa shape index (κ3) is 4.81. The number of hydrogen-bond acceptors (Lipinski definition) is 5. The van der Waals surface area contributed by atoms with Gasteiger partial charge in [0.25, 0.3) is 0 Å². The highest BCUT2D eigenvalue weighted by molar-refractivity contribution is 7.89. The number of carbonyl (C=O) groups is 2. The summed E-state index contributed by atoms with van der Waals surface area (Å²) in [4.78, 5) is 26.7. The Morgan fingerprint density at radius 3 is 2.56 bits per heavy atom. The summed E-state index contributed by atoms with van der Waals surface area (Å²) in [6.07, 6.45) is 1.89. The molecular weight excluding hydrogens is 454 g/mol. The van der Waals surface area contributed by atoms with Gasteiger partial charge in [0.15, 0.2) is 0 Å². The molecule has 9 heteroatoms. The van der Waals surface area contributed by atoms with Gasteiger partial charge in [-0.3, -0.25) is 9.59 Å². The molecular formula is C25H31N3O5S. The molecule has 0 bridgehead atoms. The van der Waals surface area contributed by atoms with Gasteiger partial charge in [0.1, 0.15) is 5.75 Å². The van der Waals surface area contributed by atoms with E-state index in [9.17, 15) is 18.0 Å². The average Bonchev–Trinajstić information content (AvgIpc) is 3.18. The first kappa shape index (κ1) is 24.2. The number of nitrogens with one attached hydrogen (secondary N) is 1. The Kier molecular flexibility index (Phi) is 6.95. The van der Waals surface area contributed by atoms with Crippen LogP contribution in [0, 0.1) is 5.92 Å². The van der Waals surface area contributed by atoms with E-state index in [1.54, 1.807) is 30.2 Å². The Morgan fingerprint density at radius 2 is 1.88 bits per heavy atom. The predicted octanol–water partition coefficient (Wildman–Crippen LogP) is 2.71. The smallest absolute Gasteiger partial charge is 0.243 e. The van der Waals surface area contributed by atoms with Crippen LogP contribution in [0.5, 0.6) is 5.75 Å². The highest BCUT2D eigenvalue weighted by atomic mass is 32.2. The fourth-order valence-corrected chi connectivity index (χ4v) is 6.42. The Bertz CT molecular complexity index is 1180. The molecule has 2 atom stereocenters. The van der Waals surface area contributed by atoms with Crippen molar-refractivity contribution < 1.29 is 22.7 Å². The van der Waals surface area contributed by atoms with Crippen LogP contribution in [0.3, 0.4) is 0 Å².